The number of esters is 1. The number of ketones is 1. The molecule has 0 fully saturated rings. The van der Waals surface area contributed by atoms with Crippen LogP contribution in [0.5, 0.6) is 0 Å². The average Bonchev–Trinajstić information content (AvgIpc) is 2.41. The predicted molar refractivity (Wildman–Crippen MR) is 75.1 cm³/mol. The molecule has 0 saturated heterocycles. The Labute approximate surface area is 125 Å². The van der Waals surface area contributed by atoms with Crippen molar-refractivity contribution in [2.24, 2.45) is 15.3 Å². The Morgan fingerprint density at radius 3 is 2.00 bits per heavy atom. The molecule has 22 heavy (non-hydrogen) atoms. The van der Waals surface area contributed by atoms with Crippen LogP contribution < -0.4 is 0 Å². The molecule has 0 unspecified atom stereocenters. The maximum absolute atomic E-state index is 12.2. The monoisotopic (exact) mass is 309 g/mol. The van der Waals surface area contributed by atoms with Crippen LogP contribution in [0.3, 0.4) is 0 Å². The van der Waals surface area contributed by atoms with E-state index in [2.05, 4.69) is 30.1 Å². The maximum atomic E-state index is 12.2. The van der Waals surface area contributed by atoms with Gasteiger partial charge in [-0.1, -0.05) is 15.3 Å². The smallest absolute Gasteiger partial charge is 0.332 e. The Hall–Kier alpha value is -2.93. The van der Waals surface area contributed by atoms with Crippen molar-refractivity contribution in [3.63, 3.8) is 0 Å². The van der Waals surface area contributed by atoms with E-state index in [1.165, 1.54) is 20.8 Å². The molecule has 0 amide bonds. The Balaban J connectivity index is 5.53. The lowest BCUT2D eigenvalue weighted by Gasteiger charge is -2.26. The van der Waals surface area contributed by atoms with E-state index in [0.29, 0.717) is 0 Å². The SMILES string of the molecule is CC(C)(C)OC(=O)C(N=[N+]=[N-])(N=[N+]=[N-])C(=O)CCCN=[N+]=[N-]. The van der Waals surface area contributed by atoms with Gasteiger partial charge in [0.15, 0.2) is 5.78 Å². The molecule has 0 bridgehead atoms. The van der Waals surface area contributed by atoms with Crippen molar-refractivity contribution in [2.75, 3.05) is 6.54 Å². The van der Waals surface area contributed by atoms with Crippen LogP contribution in [-0.2, 0) is 14.3 Å². The summed E-state index contributed by atoms with van der Waals surface area (Å²) in [6.45, 7) is 4.61. The van der Waals surface area contributed by atoms with Crippen molar-refractivity contribution in [1.29, 1.82) is 0 Å². The number of Topliss-reactive ketones (excluding diaryl/α,β-unsaturated/α-hetero) is 1. The molecule has 0 rings (SSSR count). The quantitative estimate of drug-likeness (QED) is 0.166. The summed E-state index contributed by atoms with van der Waals surface area (Å²) in [5, 5.41) is 9.35. The average molecular weight is 309 g/mol. The van der Waals surface area contributed by atoms with E-state index < -0.39 is 23.0 Å². The van der Waals surface area contributed by atoms with Crippen LogP contribution in [0.2, 0.25) is 0 Å². The number of carbonyl (C=O) groups excluding carboxylic acids is 2. The number of carbonyl (C=O) groups is 2. The van der Waals surface area contributed by atoms with Crippen LogP contribution >= 0.6 is 0 Å². The first kappa shape index (κ1) is 19.1. The van der Waals surface area contributed by atoms with Gasteiger partial charge < -0.3 is 4.74 Å². The van der Waals surface area contributed by atoms with Crippen molar-refractivity contribution in [2.45, 2.75) is 44.9 Å². The topological polar surface area (TPSA) is 190 Å². The third-order valence-corrected chi connectivity index (χ3v) is 2.18. The summed E-state index contributed by atoms with van der Waals surface area (Å²) in [5.74, 6) is -2.20. The Morgan fingerprint density at radius 1 is 1.05 bits per heavy atom. The highest BCUT2D eigenvalue weighted by Crippen LogP contribution is 2.24. The Morgan fingerprint density at radius 2 is 1.59 bits per heavy atom. The zero-order chi connectivity index (χ0) is 17.2. The molecule has 0 spiro atoms. The third kappa shape index (κ3) is 5.59. The molecular weight excluding hydrogens is 294 g/mol. The number of azide groups is 2. The highest BCUT2D eigenvalue weighted by atomic mass is 16.6. The van der Waals surface area contributed by atoms with Gasteiger partial charge in [0.25, 0.3) is 5.66 Å². The second-order valence-electron chi connectivity index (χ2n) is 5.03. The van der Waals surface area contributed by atoms with Crippen molar-refractivity contribution < 1.29 is 14.3 Å². The van der Waals surface area contributed by atoms with E-state index in [0.717, 1.165) is 0 Å². The van der Waals surface area contributed by atoms with Gasteiger partial charge in [-0.2, -0.15) is 0 Å². The van der Waals surface area contributed by atoms with E-state index >= 15 is 0 Å². The van der Waals surface area contributed by atoms with Gasteiger partial charge >= 0.3 is 5.97 Å². The minimum Gasteiger partial charge on any atom is -0.459 e. The lowest BCUT2D eigenvalue weighted by atomic mass is 10.0. The highest BCUT2D eigenvalue weighted by molar-refractivity contribution is 6.08. The van der Waals surface area contributed by atoms with Gasteiger partial charge in [0.2, 0.25) is 0 Å². The second-order valence-corrected chi connectivity index (χ2v) is 5.03. The fourth-order valence-corrected chi connectivity index (χ4v) is 1.34. The first-order valence-electron chi connectivity index (χ1n) is 6.13. The van der Waals surface area contributed by atoms with Crippen LogP contribution in [0.25, 0.3) is 31.3 Å². The molecule has 0 atom stereocenters. The van der Waals surface area contributed by atoms with E-state index in [1.54, 1.807) is 0 Å². The van der Waals surface area contributed by atoms with Gasteiger partial charge in [0, 0.05) is 27.7 Å². The number of hydrogen-bond donors (Lipinski definition) is 0. The van der Waals surface area contributed by atoms with E-state index in [1.807, 2.05) is 0 Å². The largest absolute Gasteiger partial charge is 0.459 e. The molecule has 0 aromatic rings. The van der Waals surface area contributed by atoms with Crippen LogP contribution in [0, 0.1) is 0 Å². The molecule has 0 N–H and O–H groups in total. The number of ether oxygens (including phenoxy) is 1. The van der Waals surface area contributed by atoms with Crippen LogP contribution in [0.1, 0.15) is 33.6 Å². The predicted octanol–water partition coefficient (Wildman–Crippen LogP) is 3.30. The molecule has 0 aliphatic carbocycles. The highest BCUT2D eigenvalue weighted by Gasteiger charge is 2.47. The van der Waals surface area contributed by atoms with Gasteiger partial charge in [-0.05, 0) is 43.8 Å². The molecule has 12 nitrogen and oxygen atoms in total. The van der Waals surface area contributed by atoms with Gasteiger partial charge in [0.05, 0.1) is 0 Å². The fraction of sp³-hybridized carbons (Fsp3) is 0.800. The van der Waals surface area contributed by atoms with Crippen LogP contribution in [0.4, 0.5) is 0 Å². The number of nitrogens with zero attached hydrogens (tertiary/aromatic N) is 9. The lowest BCUT2D eigenvalue weighted by molar-refractivity contribution is -0.163. The van der Waals surface area contributed by atoms with Crippen molar-refractivity contribution in [1.82, 2.24) is 0 Å². The van der Waals surface area contributed by atoms with Crippen LogP contribution in [-0.4, -0.2) is 29.6 Å². The summed E-state index contributed by atoms with van der Waals surface area (Å²) in [6, 6.07) is 0. The summed E-state index contributed by atoms with van der Waals surface area (Å²) in [6.07, 6.45) is -0.203. The molecule has 0 saturated carbocycles. The number of hydrogen-bond acceptors (Lipinski definition) is 6. The molecule has 0 heterocycles. The second kappa shape index (κ2) is 8.38. The molecular formula is C10H15N9O3. The minimum absolute atomic E-state index is 0.000819. The van der Waals surface area contributed by atoms with E-state index in [9.17, 15) is 9.59 Å². The van der Waals surface area contributed by atoms with Crippen LogP contribution in [0.15, 0.2) is 15.3 Å². The van der Waals surface area contributed by atoms with E-state index in [4.69, 9.17) is 21.3 Å². The van der Waals surface area contributed by atoms with Crippen molar-refractivity contribution >= 4 is 11.8 Å². The number of rotatable bonds is 8. The zero-order valence-corrected chi connectivity index (χ0v) is 12.4. The molecule has 12 heteroatoms. The molecule has 0 aliphatic rings. The minimum atomic E-state index is -2.65. The zero-order valence-electron chi connectivity index (χ0n) is 12.4. The first-order valence-corrected chi connectivity index (χ1v) is 6.13. The van der Waals surface area contributed by atoms with Gasteiger partial charge in [-0.3, -0.25) is 9.59 Å². The first-order chi connectivity index (χ1) is 10.2. The summed E-state index contributed by atoms with van der Waals surface area (Å²) < 4.78 is 4.99. The Bertz CT molecular complexity index is 557. The molecule has 0 aromatic carbocycles. The summed E-state index contributed by atoms with van der Waals surface area (Å²) in [4.78, 5) is 31.6. The lowest BCUT2D eigenvalue weighted by Crippen LogP contribution is -2.46. The van der Waals surface area contributed by atoms with Gasteiger partial charge in [0.1, 0.15) is 5.60 Å². The Kier molecular flexibility index (Phi) is 7.26. The van der Waals surface area contributed by atoms with E-state index in [-0.39, 0.29) is 19.4 Å². The summed E-state index contributed by atoms with van der Waals surface area (Å²) in [5.41, 5.74) is 21.7. The molecule has 0 radical (unpaired) electrons. The molecule has 118 valence electrons. The van der Waals surface area contributed by atoms with Gasteiger partial charge in [-0.25, -0.2) is 0 Å². The standard InChI is InChI=1S/C10H15N9O3/c1-9(2,3)22-8(21)10(15-18-12,16-19-13)7(20)5-4-6-14-17-11/h4-6H2,1-3H3. The van der Waals surface area contributed by atoms with Gasteiger partial charge in [-0.15, -0.1) is 0 Å². The fourth-order valence-electron chi connectivity index (χ4n) is 1.34. The molecule has 0 aliphatic heterocycles. The molecule has 0 aromatic heterocycles. The maximum Gasteiger partial charge on any atom is 0.332 e. The summed E-state index contributed by atoms with van der Waals surface area (Å²) >= 11 is 0. The van der Waals surface area contributed by atoms with Crippen molar-refractivity contribution in [3.05, 3.63) is 31.3 Å². The normalized spacial score (nSPS) is 12.7. The summed E-state index contributed by atoms with van der Waals surface area (Å²) in [7, 11) is 0. The third-order valence-electron chi connectivity index (χ3n) is 2.18. The van der Waals surface area contributed by atoms with Crippen molar-refractivity contribution in [3.8, 4) is 0 Å².